The first-order valence-corrected chi connectivity index (χ1v) is 8.57. The van der Waals surface area contributed by atoms with Gasteiger partial charge >= 0.3 is 0 Å². The lowest BCUT2D eigenvalue weighted by atomic mass is 9.92. The fourth-order valence-corrected chi connectivity index (χ4v) is 3.20. The van der Waals surface area contributed by atoms with Crippen LogP contribution in [-0.4, -0.2) is 19.6 Å². The second-order valence-electron chi connectivity index (χ2n) is 6.27. The lowest BCUT2D eigenvalue weighted by Crippen LogP contribution is -2.22. The van der Waals surface area contributed by atoms with Crippen molar-refractivity contribution in [3.05, 3.63) is 57.0 Å². The Morgan fingerprint density at radius 3 is 2.70 bits per heavy atom. The van der Waals surface area contributed by atoms with Gasteiger partial charge in [-0.15, -0.1) is 0 Å². The highest BCUT2D eigenvalue weighted by molar-refractivity contribution is 7.98. The molecule has 0 aliphatic carbocycles. The van der Waals surface area contributed by atoms with Gasteiger partial charge < -0.3 is 0 Å². The number of benzene rings is 1. The predicted octanol–water partition coefficient (Wildman–Crippen LogP) is 3.66. The molecule has 1 N–H and O–H groups in total. The van der Waals surface area contributed by atoms with Crippen LogP contribution in [0.25, 0.3) is 5.78 Å². The van der Waals surface area contributed by atoms with Gasteiger partial charge in [0, 0.05) is 22.3 Å². The Balaban J connectivity index is 1.90. The van der Waals surface area contributed by atoms with Crippen LogP contribution in [-0.2, 0) is 11.2 Å². The molecule has 0 aliphatic rings. The maximum atomic E-state index is 12.2. The average molecular weight is 349 g/mol. The number of aromatic nitrogens is 4. The highest BCUT2D eigenvalue weighted by Gasteiger charge is 2.18. The van der Waals surface area contributed by atoms with Crippen molar-refractivity contribution in [1.82, 2.24) is 19.6 Å². The molecule has 0 radical (unpaired) electrons. The molecule has 0 unspecified atom stereocenters. The zero-order valence-corrected chi connectivity index (χ0v) is 14.7. The number of aromatic amines is 1. The minimum Gasteiger partial charge on any atom is -0.267 e. The maximum absolute atomic E-state index is 12.2. The molecule has 0 saturated carbocycles. The predicted molar refractivity (Wildman–Crippen MR) is 93.3 cm³/mol. The van der Waals surface area contributed by atoms with E-state index in [-0.39, 0.29) is 11.0 Å². The van der Waals surface area contributed by atoms with Crippen LogP contribution in [0.4, 0.5) is 0 Å². The minimum absolute atomic E-state index is 0.156. The van der Waals surface area contributed by atoms with E-state index in [1.807, 2.05) is 45.0 Å². The molecule has 0 spiro atoms. The second kappa shape index (κ2) is 6.02. The number of fused-ring (bicyclic) bond motifs is 1. The van der Waals surface area contributed by atoms with E-state index in [0.29, 0.717) is 16.7 Å². The van der Waals surface area contributed by atoms with Gasteiger partial charge in [0.15, 0.2) is 5.16 Å². The summed E-state index contributed by atoms with van der Waals surface area (Å²) in [6.45, 7) is 6.06. The van der Waals surface area contributed by atoms with Gasteiger partial charge in [0.1, 0.15) is 0 Å². The van der Waals surface area contributed by atoms with Crippen LogP contribution in [0.15, 0.2) is 40.3 Å². The number of hydrogen-bond acceptors (Lipinski definition) is 4. The first-order valence-electron chi connectivity index (χ1n) is 7.21. The summed E-state index contributed by atoms with van der Waals surface area (Å²) in [6, 6.07) is 9.23. The molecule has 1 aromatic carbocycles. The van der Waals surface area contributed by atoms with Crippen molar-refractivity contribution < 1.29 is 0 Å². The summed E-state index contributed by atoms with van der Waals surface area (Å²) in [6.07, 6.45) is 0. The Morgan fingerprint density at radius 1 is 1.26 bits per heavy atom. The van der Waals surface area contributed by atoms with Crippen LogP contribution in [0.1, 0.15) is 32.0 Å². The molecule has 0 fully saturated rings. The molecule has 0 saturated heterocycles. The molecule has 120 valence electrons. The van der Waals surface area contributed by atoms with Crippen molar-refractivity contribution in [1.29, 1.82) is 0 Å². The van der Waals surface area contributed by atoms with Crippen LogP contribution >= 0.6 is 23.4 Å². The fraction of sp³-hybridized carbons (Fsp3) is 0.312. The third kappa shape index (κ3) is 3.43. The lowest BCUT2D eigenvalue weighted by Gasteiger charge is -2.16. The topological polar surface area (TPSA) is 63.0 Å². The lowest BCUT2D eigenvalue weighted by molar-refractivity contribution is 0.566. The Morgan fingerprint density at radius 2 is 2.00 bits per heavy atom. The van der Waals surface area contributed by atoms with Crippen molar-refractivity contribution in [3.63, 3.8) is 0 Å². The molecule has 0 amide bonds. The third-order valence-corrected chi connectivity index (χ3v) is 4.68. The van der Waals surface area contributed by atoms with Crippen molar-refractivity contribution in [3.8, 4) is 0 Å². The summed E-state index contributed by atoms with van der Waals surface area (Å²) in [4.78, 5) is 21.1. The number of halogens is 1. The molecule has 23 heavy (non-hydrogen) atoms. The van der Waals surface area contributed by atoms with Gasteiger partial charge in [0.05, 0.1) is 5.69 Å². The highest BCUT2D eigenvalue weighted by Crippen LogP contribution is 2.25. The second-order valence-corrected chi connectivity index (χ2v) is 7.65. The molecular formula is C16H17ClN4OS. The first kappa shape index (κ1) is 16.1. The SMILES string of the molecule is CC(C)(C)c1cc(=O)n2[nH]c(SCc3ccccc3Cl)nc2n1. The van der Waals surface area contributed by atoms with Gasteiger partial charge in [0.25, 0.3) is 11.3 Å². The van der Waals surface area contributed by atoms with Crippen molar-refractivity contribution in [2.24, 2.45) is 0 Å². The molecular weight excluding hydrogens is 332 g/mol. The Kier molecular flexibility index (Phi) is 4.21. The van der Waals surface area contributed by atoms with Crippen LogP contribution in [0.2, 0.25) is 5.02 Å². The molecule has 3 rings (SSSR count). The molecule has 0 bridgehead atoms. The average Bonchev–Trinajstić information content (AvgIpc) is 2.89. The summed E-state index contributed by atoms with van der Waals surface area (Å²) in [5.74, 6) is 1.06. The van der Waals surface area contributed by atoms with Gasteiger partial charge in [-0.1, -0.05) is 62.3 Å². The Labute approximate surface area is 143 Å². The number of nitrogens with zero attached hydrogens (tertiary/aromatic N) is 3. The monoisotopic (exact) mass is 348 g/mol. The standard InChI is InChI=1S/C16H17ClN4OS/c1-16(2,3)12-8-13(22)21-14(18-12)19-15(20-21)23-9-10-6-4-5-7-11(10)17/h4-8H,9H2,1-3H3,(H,18,19,20). The van der Waals surface area contributed by atoms with Gasteiger partial charge in [-0.3, -0.25) is 9.89 Å². The van der Waals surface area contributed by atoms with Crippen LogP contribution < -0.4 is 5.56 Å². The fourth-order valence-electron chi connectivity index (χ4n) is 2.07. The molecule has 2 heterocycles. The number of hydrogen-bond donors (Lipinski definition) is 1. The summed E-state index contributed by atoms with van der Waals surface area (Å²) in [7, 11) is 0. The van der Waals surface area contributed by atoms with Gasteiger partial charge in [-0.25, -0.2) is 4.98 Å². The van der Waals surface area contributed by atoms with Crippen LogP contribution in [0.5, 0.6) is 0 Å². The Bertz CT molecular complexity index is 910. The zero-order valence-electron chi connectivity index (χ0n) is 13.1. The molecule has 0 aliphatic heterocycles. The minimum atomic E-state index is -0.197. The number of H-pyrrole nitrogens is 1. The van der Waals surface area contributed by atoms with Crippen molar-refractivity contribution >= 4 is 29.1 Å². The largest absolute Gasteiger partial charge is 0.274 e. The van der Waals surface area contributed by atoms with Crippen molar-refractivity contribution in [2.75, 3.05) is 0 Å². The highest BCUT2D eigenvalue weighted by atomic mass is 35.5. The summed E-state index contributed by atoms with van der Waals surface area (Å²) >= 11 is 7.64. The van der Waals surface area contributed by atoms with Crippen LogP contribution in [0.3, 0.4) is 0 Å². The quantitative estimate of drug-likeness (QED) is 0.734. The first-order chi connectivity index (χ1) is 10.8. The van der Waals surface area contributed by atoms with E-state index >= 15 is 0 Å². The van der Waals surface area contributed by atoms with E-state index in [1.165, 1.54) is 16.3 Å². The summed E-state index contributed by atoms with van der Waals surface area (Å²) < 4.78 is 1.37. The smallest absolute Gasteiger partial charge is 0.267 e. The van der Waals surface area contributed by atoms with E-state index in [1.54, 1.807) is 6.07 Å². The molecule has 2 aromatic heterocycles. The Hall–Kier alpha value is -1.79. The van der Waals surface area contributed by atoms with Gasteiger partial charge in [-0.05, 0) is 11.6 Å². The van der Waals surface area contributed by atoms with Crippen LogP contribution in [0, 0.1) is 0 Å². The third-order valence-electron chi connectivity index (χ3n) is 3.40. The number of thioether (sulfide) groups is 1. The molecule has 0 atom stereocenters. The number of rotatable bonds is 3. The van der Waals surface area contributed by atoms with E-state index < -0.39 is 0 Å². The maximum Gasteiger partial charge on any atom is 0.274 e. The molecule has 3 aromatic rings. The van der Waals surface area contributed by atoms with Crippen molar-refractivity contribution in [2.45, 2.75) is 37.1 Å². The van der Waals surface area contributed by atoms with E-state index in [2.05, 4.69) is 15.1 Å². The zero-order chi connectivity index (χ0) is 16.6. The van der Waals surface area contributed by atoms with E-state index in [4.69, 9.17) is 11.6 Å². The normalized spacial score (nSPS) is 12.0. The summed E-state index contributed by atoms with van der Waals surface area (Å²) in [5.41, 5.74) is 1.40. The van der Waals surface area contributed by atoms with Gasteiger partial charge in [0.2, 0.25) is 0 Å². The molecule has 7 heteroatoms. The number of nitrogens with one attached hydrogen (secondary N) is 1. The summed E-state index contributed by atoms with van der Waals surface area (Å²) in [5, 5.41) is 4.35. The van der Waals surface area contributed by atoms with E-state index in [0.717, 1.165) is 16.3 Å². The van der Waals surface area contributed by atoms with Gasteiger partial charge in [-0.2, -0.15) is 9.50 Å². The molecule has 5 nitrogen and oxygen atoms in total. The van der Waals surface area contributed by atoms with E-state index in [9.17, 15) is 4.79 Å².